The third-order valence-corrected chi connectivity index (χ3v) is 3.20. The van der Waals surface area contributed by atoms with Crippen LogP contribution in [0.1, 0.15) is 32.2 Å². The highest BCUT2D eigenvalue weighted by Gasteiger charge is 2.26. The number of esters is 1. The lowest BCUT2D eigenvalue weighted by Crippen LogP contribution is -2.08. The Balaban J connectivity index is 1.80. The summed E-state index contributed by atoms with van der Waals surface area (Å²) in [5.74, 6) is 0.128. The number of rotatable bonds is 6. The minimum atomic E-state index is -0.183. The standard InChI is InChI=1S/C10H15N3O2S/c1-2-5-15-9(14)6-16-10-12-11-7-13(10)8-3-4-8/h7-8H,2-6H2,1H3. The van der Waals surface area contributed by atoms with Crippen LogP contribution in [-0.4, -0.2) is 33.1 Å². The Morgan fingerprint density at radius 2 is 2.50 bits per heavy atom. The molecule has 16 heavy (non-hydrogen) atoms. The SMILES string of the molecule is CCCOC(=O)CSc1nncn1C1CC1. The minimum Gasteiger partial charge on any atom is -0.465 e. The van der Waals surface area contributed by atoms with Crippen molar-refractivity contribution in [3.8, 4) is 0 Å². The van der Waals surface area contributed by atoms with Crippen molar-refractivity contribution in [2.24, 2.45) is 0 Å². The second kappa shape index (κ2) is 5.34. The average molecular weight is 241 g/mol. The molecule has 0 aliphatic heterocycles. The van der Waals surface area contributed by atoms with E-state index in [1.54, 1.807) is 6.33 Å². The molecule has 1 heterocycles. The van der Waals surface area contributed by atoms with E-state index < -0.39 is 0 Å². The van der Waals surface area contributed by atoms with E-state index in [2.05, 4.69) is 10.2 Å². The zero-order valence-electron chi connectivity index (χ0n) is 9.26. The van der Waals surface area contributed by atoms with Crippen LogP contribution in [0.15, 0.2) is 11.5 Å². The van der Waals surface area contributed by atoms with Crippen LogP contribution in [0.5, 0.6) is 0 Å². The first-order valence-corrected chi connectivity index (χ1v) is 6.47. The predicted octanol–water partition coefficient (Wildman–Crippen LogP) is 1.66. The second-order valence-electron chi connectivity index (χ2n) is 3.76. The van der Waals surface area contributed by atoms with E-state index >= 15 is 0 Å². The number of hydrogen-bond acceptors (Lipinski definition) is 5. The summed E-state index contributed by atoms with van der Waals surface area (Å²) in [6, 6.07) is 0.546. The van der Waals surface area contributed by atoms with Gasteiger partial charge in [0.1, 0.15) is 6.33 Å². The Morgan fingerprint density at radius 1 is 1.69 bits per heavy atom. The summed E-state index contributed by atoms with van der Waals surface area (Å²) in [7, 11) is 0. The Bertz CT molecular complexity index is 363. The molecule has 1 saturated carbocycles. The fraction of sp³-hybridized carbons (Fsp3) is 0.700. The number of carbonyl (C=O) groups excluding carboxylic acids is 1. The van der Waals surface area contributed by atoms with E-state index in [9.17, 15) is 4.79 Å². The molecule has 0 spiro atoms. The van der Waals surface area contributed by atoms with Crippen LogP contribution < -0.4 is 0 Å². The van der Waals surface area contributed by atoms with E-state index in [1.165, 1.54) is 24.6 Å². The van der Waals surface area contributed by atoms with Gasteiger partial charge >= 0.3 is 5.97 Å². The van der Waals surface area contributed by atoms with Crippen molar-refractivity contribution in [3.63, 3.8) is 0 Å². The van der Waals surface area contributed by atoms with Crippen LogP contribution in [-0.2, 0) is 9.53 Å². The zero-order valence-corrected chi connectivity index (χ0v) is 10.1. The monoisotopic (exact) mass is 241 g/mol. The van der Waals surface area contributed by atoms with Crippen molar-refractivity contribution in [3.05, 3.63) is 6.33 Å². The summed E-state index contributed by atoms with van der Waals surface area (Å²) in [5, 5.41) is 8.68. The van der Waals surface area contributed by atoms with Crippen LogP contribution in [0.4, 0.5) is 0 Å². The van der Waals surface area contributed by atoms with E-state index in [4.69, 9.17) is 4.74 Å². The van der Waals surface area contributed by atoms with Crippen LogP contribution in [0, 0.1) is 0 Å². The van der Waals surface area contributed by atoms with Gasteiger partial charge in [-0.15, -0.1) is 10.2 Å². The molecule has 0 bridgehead atoms. The first-order chi connectivity index (χ1) is 7.81. The summed E-state index contributed by atoms with van der Waals surface area (Å²) in [6.45, 7) is 2.47. The number of thioether (sulfide) groups is 1. The molecule has 1 fully saturated rings. The van der Waals surface area contributed by atoms with Crippen molar-refractivity contribution in [1.29, 1.82) is 0 Å². The lowest BCUT2D eigenvalue weighted by atomic mass is 10.5. The van der Waals surface area contributed by atoms with Gasteiger partial charge in [-0.2, -0.15) is 0 Å². The molecule has 0 amide bonds. The molecular weight excluding hydrogens is 226 g/mol. The lowest BCUT2D eigenvalue weighted by Gasteiger charge is -2.04. The van der Waals surface area contributed by atoms with E-state index in [0.29, 0.717) is 18.4 Å². The van der Waals surface area contributed by atoms with Crippen molar-refractivity contribution in [1.82, 2.24) is 14.8 Å². The molecule has 0 N–H and O–H groups in total. The normalized spacial score (nSPS) is 15.1. The topological polar surface area (TPSA) is 57.0 Å². The molecule has 1 aliphatic rings. The van der Waals surface area contributed by atoms with Gasteiger partial charge in [0.05, 0.1) is 12.4 Å². The predicted molar refractivity (Wildman–Crippen MR) is 60.3 cm³/mol. The highest BCUT2D eigenvalue weighted by molar-refractivity contribution is 7.99. The first kappa shape index (κ1) is 11.4. The third kappa shape index (κ3) is 2.98. The molecule has 0 saturated heterocycles. The van der Waals surface area contributed by atoms with Gasteiger partial charge in [-0.3, -0.25) is 4.79 Å². The minimum absolute atomic E-state index is 0.183. The van der Waals surface area contributed by atoms with Crippen LogP contribution in [0.3, 0.4) is 0 Å². The Kier molecular flexibility index (Phi) is 3.82. The summed E-state index contributed by atoms with van der Waals surface area (Å²) >= 11 is 1.40. The molecule has 0 radical (unpaired) electrons. The highest BCUT2D eigenvalue weighted by atomic mass is 32.2. The summed E-state index contributed by atoms with van der Waals surface area (Å²) in [6.07, 6.45) is 4.96. The van der Waals surface area contributed by atoms with E-state index in [0.717, 1.165) is 11.6 Å². The van der Waals surface area contributed by atoms with Crippen molar-refractivity contribution < 1.29 is 9.53 Å². The van der Waals surface area contributed by atoms with Gasteiger partial charge < -0.3 is 9.30 Å². The second-order valence-corrected chi connectivity index (χ2v) is 4.70. The number of ether oxygens (including phenoxy) is 1. The van der Waals surface area contributed by atoms with Gasteiger partial charge in [0.15, 0.2) is 5.16 Å². The van der Waals surface area contributed by atoms with Crippen LogP contribution in [0.25, 0.3) is 0 Å². The number of hydrogen-bond donors (Lipinski definition) is 0. The van der Waals surface area contributed by atoms with Crippen molar-refractivity contribution >= 4 is 17.7 Å². The zero-order chi connectivity index (χ0) is 11.4. The Hall–Kier alpha value is -1.04. The maximum atomic E-state index is 11.3. The molecule has 0 unspecified atom stereocenters. The Morgan fingerprint density at radius 3 is 3.19 bits per heavy atom. The third-order valence-electron chi connectivity index (χ3n) is 2.27. The first-order valence-electron chi connectivity index (χ1n) is 5.49. The van der Waals surface area contributed by atoms with Gasteiger partial charge in [-0.25, -0.2) is 0 Å². The lowest BCUT2D eigenvalue weighted by molar-refractivity contribution is -0.140. The fourth-order valence-electron chi connectivity index (χ4n) is 1.32. The van der Waals surface area contributed by atoms with Gasteiger partial charge in [-0.05, 0) is 19.3 Å². The van der Waals surface area contributed by atoms with Gasteiger partial charge in [-0.1, -0.05) is 18.7 Å². The Labute approximate surface area is 98.6 Å². The maximum Gasteiger partial charge on any atom is 0.316 e. The molecular formula is C10H15N3O2S. The van der Waals surface area contributed by atoms with E-state index in [-0.39, 0.29) is 5.97 Å². The van der Waals surface area contributed by atoms with Crippen molar-refractivity contribution in [2.75, 3.05) is 12.4 Å². The number of carbonyl (C=O) groups is 1. The molecule has 1 aromatic rings. The smallest absolute Gasteiger partial charge is 0.316 e. The summed E-state index contributed by atoms with van der Waals surface area (Å²) < 4.78 is 7.03. The number of nitrogens with zero attached hydrogens (tertiary/aromatic N) is 3. The summed E-state index contributed by atoms with van der Waals surface area (Å²) in [4.78, 5) is 11.3. The van der Waals surface area contributed by atoms with E-state index in [1.807, 2.05) is 11.5 Å². The average Bonchev–Trinajstić information content (AvgIpc) is 3.03. The van der Waals surface area contributed by atoms with Gasteiger partial charge in [0.25, 0.3) is 0 Å². The molecule has 0 atom stereocenters. The van der Waals surface area contributed by atoms with Crippen LogP contribution >= 0.6 is 11.8 Å². The molecule has 0 aromatic carbocycles. The molecule has 5 nitrogen and oxygen atoms in total. The molecule has 6 heteroatoms. The number of aromatic nitrogens is 3. The van der Waals surface area contributed by atoms with Gasteiger partial charge in [0, 0.05) is 6.04 Å². The summed E-state index contributed by atoms with van der Waals surface area (Å²) in [5.41, 5.74) is 0. The maximum absolute atomic E-state index is 11.3. The molecule has 2 rings (SSSR count). The molecule has 1 aromatic heterocycles. The quantitative estimate of drug-likeness (QED) is 0.560. The van der Waals surface area contributed by atoms with Crippen molar-refractivity contribution in [2.45, 2.75) is 37.4 Å². The fourth-order valence-corrected chi connectivity index (χ4v) is 2.10. The molecule has 88 valence electrons. The van der Waals surface area contributed by atoms with Gasteiger partial charge in [0.2, 0.25) is 0 Å². The van der Waals surface area contributed by atoms with Crippen LogP contribution in [0.2, 0.25) is 0 Å². The largest absolute Gasteiger partial charge is 0.465 e. The molecule has 1 aliphatic carbocycles. The highest BCUT2D eigenvalue weighted by Crippen LogP contribution is 2.37.